The molecule has 1 aromatic carbocycles. The zero-order valence-electron chi connectivity index (χ0n) is 9.88. The Morgan fingerprint density at radius 1 is 1.50 bits per heavy atom. The topological polar surface area (TPSA) is 66.6 Å². The van der Waals surface area contributed by atoms with Crippen LogP contribution in [0, 0.1) is 15.9 Å². The smallest absolute Gasteiger partial charge is 0.272 e. The van der Waals surface area contributed by atoms with Crippen molar-refractivity contribution >= 4 is 5.69 Å². The zero-order chi connectivity index (χ0) is 13.1. The van der Waals surface area contributed by atoms with Crippen molar-refractivity contribution < 1.29 is 14.4 Å². The fourth-order valence-corrected chi connectivity index (χ4v) is 2.37. The van der Waals surface area contributed by atoms with Crippen LogP contribution in [-0.2, 0) is 6.54 Å². The molecule has 0 unspecified atom stereocenters. The molecule has 1 atom stereocenters. The Hall–Kier alpha value is -1.53. The van der Waals surface area contributed by atoms with Gasteiger partial charge in [-0.05, 0) is 31.0 Å². The van der Waals surface area contributed by atoms with E-state index < -0.39 is 10.7 Å². The molecule has 1 aromatic rings. The maximum absolute atomic E-state index is 13.3. The molecule has 0 aromatic heterocycles. The molecule has 0 amide bonds. The van der Waals surface area contributed by atoms with Crippen molar-refractivity contribution in [2.24, 2.45) is 0 Å². The summed E-state index contributed by atoms with van der Waals surface area (Å²) in [6.45, 7) is 1.33. The van der Waals surface area contributed by atoms with E-state index in [0.717, 1.165) is 25.5 Å². The molecule has 6 heteroatoms. The van der Waals surface area contributed by atoms with E-state index >= 15 is 0 Å². The van der Waals surface area contributed by atoms with Crippen LogP contribution in [0.2, 0.25) is 0 Å². The number of nitrogens with zero attached hydrogens (tertiary/aromatic N) is 2. The molecule has 1 fully saturated rings. The van der Waals surface area contributed by atoms with Crippen molar-refractivity contribution in [1.29, 1.82) is 0 Å². The largest absolute Gasteiger partial charge is 0.395 e. The number of benzene rings is 1. The summed E-state index contributed by atoms with van der Waals surface area (Å²) >= 11 is 0. The highest BCUT2D eigenvalue weighted by atomic mass is 19.1. The lowest BCUT2D eigenvalue weighted by Gasteiger charge is -2.22. The highest BCUT2D eigenvalue weighted by Crippen LogP contribution is 2.22. The van der Waals surface area contributed by atoms with Gasteiger partial charge in [0, 0.05) is 18.7 Å². The Morgan fingerprint density at radius 2 is 2.28 bits per heavy atom. The van der Waals surface area contributed by atoms with Gasteiger partial charge in [-0.25, -0.2) is 4.39 Å². The van der Waals surface area contributed by atoms with Gasteiger partial charge in [0.2, 0.25) is 0 Å². The quantitative estimate of drug-likeness (QED) is 0.656. The zero-order valence-corrected chi connectivity index (χ0v) is 9.88. The molecule has 0 radical (unpaired) electrons. The summed E-state index contributed by atoms with van der Waals surface area (Å²) in [7, 11) is 0. The third-order valence-electron chi connectivity index (χ3n) is 3.25. The molecule has 2 rings (SSSR count). The predicted octanol–water partition coefficient (Wildman–Crippen LogP) is 1.69. The van der Waals surface area contributed by atoms with E-state index in [-0.39, 0.29) is 18.3 Å². The number of aliphatic hydroxyl groups excluding tert-OH is 1. The molecule has 5 nitrogen and oxygen atoms in total. The molecule has 1 N–H and O–H groups in total. The maximum Gasteiger partial charge on any atom is 0.272 e. The molecule has 1 aliphatic heterocycles. The molecule has 98 valence electrons. The van der Waals surface area contributed by atoms with Gasteiger partial charge in [-0.3, -0.25) is 15.0 Å². The van der Waals surface area contributed by atoms with Crippen molar-refractivity contribution in [3.63, 3.8) is 0 Å². The van der Waals surface area contributed by atoms with E-state index in [2.05, 4.69) is 0 Å². The highest BCUT2D eigenvalue weighted by molar-refractivity contribution is 5.35. The van der Waals surface area contributed by atoms with Gasteiger partial charge < -0.3 is 5.11 Å². The first-order chi connectivity index (χ1) is 8.60. The van der Waals surface area contributed by atoms with Gasteiger partial charge in [0.05, 0.1) is 17.6 Å². The Labute approximate surface area is 104 Å². The summed E-state index contributed by atoms with van der Waals surface area (Å²) in [6.07, 6.45) is 1.90. The first-order valence-corrected chi connectivity index (χ1v) is 5.89. The number of non-ortho nitro benzene ring substituents is 1. The van der Waals surface area contributed by atoms with Crippen LogP contribution in [0.3, 0.4) is 0 Å². The van der Waals surface area contributed by atoms with Crippen molar-refractivity contribution in [2.45, 2.75) is 25.4 Å². The number of aliphatic hydroxyl groups is 1. The Balaban J connectivity index is 2.16. The number of rotatable bonds is 4. The molecule has 0 saturated carbocycles. The number of halogens is 1. The standard InChI is InChI=1S/C12H15FN2O3/c13-10-4-9(5-12(6-10)15(17)18)7-14-3-1-2-11(14)8-16/h4-6,11,16H,1-3,7-8H2/t11-/m0/s1. The fraction of sp³-hybridized carbons (Fsp3) is 0.500. The van der Waals surface area contributed by atoms with Gasteiger partial charge >= 0.3 is 0 Å². The average molecular weight is 254 g/mol. The third-order valence-corrected chi connectivity index (χ3v) is 3.25. The molecular weight excluding hydrogens is 239 g/mol. The second kappa shape index (κ2) is 5.41. The van der Waals surface area contributed by atoms with Crippen LogP contribution >= 0.6 is 0 Å². The highest BCUT2D eigenvalue weighted by Gasteiger charge is 2.24. The second-order valence-electron chi connectivity index (χ2n) is 4.52. The Bertz CT molecular complexity index is 453. The minimum Gasteiger partial charge on any atom is -0.395 e. The summed E-state index contributed by atoms with van der Waals surface area (Å²) in [5.41, 5.74) is 0.340. The molecule has 1 aliphatic rings. The van der Waals surface area contributed by atoms with E-state index in [1.165, 1.54) is 12.1 Å². The molecule has 18 heavy (non-hydrogen) atoms. The van der Waals surface area contributed by atoms with Crippen LogP contribution in [0.4, 0.5) is 10.1 Å². The van der Waals surface area contributed by atoms with Gasteiger partial charge in [-0.1, -0.05) is 0 Å². The summed E-state index contributed by atoms with van der Waals surface area (Å²) in [4.78, 5) is 12.1. The lowest BCUT2D eigenvalue weighted by Crippen LogP contribution is -2.31. The third kappa shape index (κ3) is 2.83. The van der Waals surface area contributed by atoms with E-state index in [1.54, 1.807) is 0 Å². The first-order valence-electron chi connectivity index (χ1n) is 5.89. The van der Waals surface area contributed by atoms with E-state index in [9.17, 15) is 19.6 Å². The van der Waals surface area contributed by atoms with Gasteiger partial charge in [0.1, 0.15) is 5.82 Å². The van der Waals surface area contributed by atoms with Crippen molar-refractivity contribution in [3.05, 3.63) is 39.7 Å². The van der Waals surface area contributed by atoms with Crippen LogP contribution in [0.5, 0.6) is 0 Å². The second-order valence-corrected chi connectivity index (χ2v) is 4.52. The van der Waals surface area contributed by atoms with Crippen LogP contribution in [0.1, 0.15) is 18.4 Å². The molecule has 1 heterocycles. The number of likely N-dealkylation sites (tertiary alicyclic amines) is 1. The first kappa shape index (κ1) is 12.9. The monoisotopic (exact) mass is 254 g/mol. The summed E-state index contributed by atoms with van der Waals surface area (Å²) in [6, 6.07) is 3.68. The number of nitro groups is 1. The molecular formula is C12H15FN2O3. The average Bonchev–Trinajstić information content (AvgIpc) is 2.75. The summed E-state index contributed by atoms with van der Waals surface area (Å²) < 4.78 is 13.3. The number of hydrogen-bond donors (Lipinski definition) is 1. The molecule has 0 aliphatic carbocycles. The minimum atomic E-state index is -0.598. The van der Waals surface area contributed by atoms with Crippen molar-refractivity contribution in [3.8, 4) is 0 Å². The molecule has 0 spiro atoms. The van der Waals surface area contributed by atoms with E-state index in [0.29, 0.717) is 12.1 Å². The molecule has 1 saturated heterocycles. The number of nitro benzene ring substituents is 1. The predicted molar refractivity (Wildman–Crippen MR) is 63.6 cm³/mol. The maximum atomic E-state index is 13.3. The van der Waals surface area contributed by atoms with Crippen molar-refractivity contribution in [2.75, 3.05) is 13.2 Å². The van der Waals surface area contributed by atoms with E-state index in [1.807, 2.05) is 4.90 Å². The Kier molecular flexibility index (Phi) is 3.88. The SMILES string of the molecule is O=[N+]([O-])c1cc(F)cc(CN2CCC[C@H]2CO)c1. The van der Waals surface area contributed by atoms with Gasteiger partial charge in [0.25, 0.3) is 5.69 Å². The summed E-state index contributed by atoms with van der Waals surface area (Å²) in [5.74, 6) is -0.598. The van der Waals surface area contributed by atoms with Gasteiger partial charge in [-0.15, -0.1) is 0 Å². The fourth-order valence-electron chi connectivity index (χ4n) is 2.37. The summed E-state index contributed by atoms with van der Waals surface area (Å²) in [5, 5.41) is 19.8. The Morgan fingerprint density at radius 3 is 2.94 bits per heavy atom. The van der Waals surface area contributed by atoms with Crippen LogP contribution in [-0.4, -0.2) is 34.1 Å². The lowest BCUT2D eigenvalue weighted by molar-refractivity contribution is -0.385. The van der Waals surface area contributed by atoms with Gasteiger partial charge in [0.15, 0.2) is 0 Å². The minimum absolute atomic E-state index is 0.0669. The van der Waals surface area contributed by atoms with Crippen LogP contribution in [0.15, 0.2) is 18.2 Å². The van der Waals surface area contributed by atoms with E-state index in [4.69, 9.17) is 0 Å². The lowest BCUT2D eigenvalue weighted by atomic mass is 10.1. The normalized spacial score (nSPS) is 20.2. The van der Waals surface area contributed by atoms with Gasteiger partial charge in [-0.2, -0.15) is 0 Å². The van der Waals surface area contributed by atoms with Crippen LogP contribution < -0.4 is 0 Å². The molecule has 0 bridgehead atoms. The van der Waals surface area contributed by atoms with Crippen molar-refractivity contribution in [1.82, 2.24) is 4.90 Å². The number of hydrogen-bond acceptors (Lipinski definition) is 4. The van der Waals surface area contributed by atoms with Crippen LogP contribution in [0.25, 0.3) is 0 Å².